The Morgan fingerprint density at radius 3 is 2.36 bits per heavy atom. The minimum atomic E-state index is -3.59. The molecule has 0 radical (unpaired) electrons. The number of carbonyl (C=O) groups is 1. The van der Waals surface area contributed by atoms with E-state index in [0.29, 0.717) is 22.6 Å². The number of phenolic OH excluding ortho intramolecular Hbond substituents is 1. The van der Waals surface area contributed by atoms with Crippen molar-refractivity contribution in [3.8, 4) is 11.5 Å². The molecule has 1 amide bonds. The molecule has 2 atom stereocenters. The zero-order chi connectivity index (χ0) is 20.8. The summed E-state index contributed by atoms with van der Waals surface area (Å²) < 4.78 is 31.4. The second-order valence-electron chi connectivity index (χ2n) is 7.16. The first-order chi connectivity index (χ1) is 13.0. The van der Waals surface area contributed by atoms with Gasteiger partial charge in [0, 0.05) is 11.8 Å². The van der Waals surface area contributed by atoms with Crippen LogP contribution in [-0.4, -0.2) is 38.8 Å². The van der Waals surface area contributed by atoms with Gasteiger partial charge in [-0.15, -0.1) is 0 Å². The standard InChI is InChI=1S/C20H24N2O5S/c1-11-6-7-14(9-16(11)23)19-18(21-28(5,25)26)20(24)22(19)15-8-12(2)13(3)17(10-15)27-4/h6-10,18-19,21,23H,1-5H3/t18-,19-/m0/s1. The zero-order valence-corrected chi connectivity index (χ0v) is 17.3. The minimum absolute atomic E-state index is 0.0903. The SMILES string of the molecule is COc1cc(N2C(=O)[C@@H](NS(C)(=O)=O)[C@@H]2c2ccc(C)c(O)c2)cc(C)c1C. The first kappa shape index (κ1) is 20.2. The molecule has 2 N–H and O–H groups in total. The van der Waals surface area contributed by atoms with Gasteiger partial charge in [0.15, 0.2) is 0 Å². The molecular weight excluding hydrogens is 380 g/mol. The number of ether oxygens (including phenoxy) is 1. The number of hydrogen-bond acceptors (Lipinski definition) is 5. The fourth-order valence-electron chi connectivity index (χ4n) is 3.43. The van der Waals surface area contributed by atoms with Crippen molar-refractivity contribution in [2.45, 2.75) is 32.9 Å². The normalized spacial score (nSPS) is 19.5. The number of anilines is 1. The van der Waals surface area contributed by atoms with E-state index in [9.17, 15) is 18.3 Å². The Morgan fingerprint density at radius 2 is 1.79 bits per heavy atom. The maximum atomic E-state index is 12.9. The maximum Gasteiger partial charge on any atom is 0.248 e. The van der Waals surface area contributed by atoms with E-state index in [2.05, 4.69) is 4.72 Å². The van der Waals surface area contributed by atoms with Crippen molar-refractivity contribution in [2.24, 2.45) is 0 Å². The molecule has 0 saturated carbocycles. The van der Waals surface area contributed by atoms with Crippen LogP contribution in [0.15, 0.2) is 30.3 Å². The van der Waals surface area contributed by atoms with E-state index >= 15 is 0 Å². The van der Waals surface area contributed by atoms with Gasteiger partial charge in [-0.1, -0.05) is 12.1 Å². The smallest absolute Gasteiger partial charge is 0.248 e. The number of amides is 1. The van der Waals surface area contributed by atoms with Crippen LogP contribution in [0.2, 0.25) is 0 Å². The number of aryl methyl sites for hydroxylation is 2. The highest BCUT2D eigenvalue weighted by Crippen LogP contribution is 2.42. The quantitative estimate of drug-likeness (QED) is 0.746. The molecule has 8 heteroatoms. The number of rotatable bonds is 5. The average Bonchev–Trinajstić information content (AvgIpc) is 2.61. The van der Waals surface area contributed by atoms with Gasteiger partial charge in [0.05, 0.1) is 19.4 Å². The molecule has 0 aliphatic carbocycles. The molecule has 0 bridgehead atoms. The summed E-state index contributed by atoms with van der Waals surface area (Å²) in [6.45, 7) is 5.62. The molecule has 1 aliphatic heterocycles. The fourth-order valence-corrected chi connectivity index (χ4v) is 4.12. The first-order valence-electron chi connectivity index (χ1n) is 8.78. The van der Waals surface area contributed by atoms with Gasteiger partial charge < -0.3 is 14.7 Å². The van der Waals surface area contributed by atoms with E-state index in [4.69, 9.17) is 4.74 Å². The summed E-state index contributed by atoms with van der Waals surface area (Å²) in [5.41, 5.74) is 3.87. The Hall–Kier alpha value is -2.58. The van der Waals surface area contributed by atoms with Crippen molar-refractivity contribution < 1.29 is 23.1 Å². The summed E-state index contributed by atoms with van der Waals surface area (Å²) in [5, 5.41) is 10.1. The van der Waals surface area contributed by atoms with Crippen molar-refractivity contribution in [3.05, 3.63) is 52.6 Å². The average molecular weight is 404 g/mol. The summed E-state index contributed by atoms with van der Waals surface area (Å²) >= 11 is 0. The molecule has 2 aromatic rings. The third-order valence-corrected chi connectivity index (χ3v) is 5.80. The van der Waals surface area contributed by atoms with Crippen LogP contribution in [0, 0.1) is 20.8 Å². The van der Waals surface area contributed by atoms with Crippen LogP contribution in [0.5, 0.6) is 11.5 Å². The molecule has 150 valence electrons. The Kier molecular flexibility index (Phi) is 5.12. The third kappa shape index (κ3) is 3.57. The zero-order valence-electron chi connectivity index (χ0n) is 16.5. The topological polar surface area (TPSA) is 95.9 Å². The number of phenols is 1. The van der Waals surface area contributed by atoms with Gasteiger partial charge in [0.1, 0.15) is 17.5 Å². The van der Waals surface area contributed by atoms with E-state index in [0.717, 1.165) is 17.4 Å². The van der Waals surface area contributed by atoms with E-state index in [1.54, 1.807) is 38.3 Å². The van der Waals surface area contributed by atoms with Gasteiger partial charge in [-0.2, -0.15) is 0 Å². The predicted molar refractivity (Wildman–Crippen MR) is 107 cm³/mol. The highest BCUT2D eigenvalue weighted by atomic mass is 32.2. The molecule has 3 rings (SSSR count). The summed E-state index contributed by atoms with van der Waals surface area (Å²) in [6.07, 6.45) is 1.02. The number of nitrogens with one attached hydrogen (secondary N) is 1. The van der Waals surface area contributed by atoms with E-state index in [-0.39, 0.29) is 11.7 Å². The van der Waals surface area contributed by atoms with Crippen LogP contribution >= 0.6 is 0 Å². The lowest BCUT2D eigenvalue weighted by Gasteiger charge is -2.47. The van der Waals surface area contributed by atoms with Gasteiger partial charge in [-0.05, 0) is 55.2 Å². The van der Waals surface area contributed by atoms with E-state index in [1.165, 1.54) is 4.90 Å². The van der Waals surface area contributed by atoms with Crippen molar-refractivity contribution in [2.75, 3.05) is 18.3 Å². The molecule has 0 unspecified atom stereocenters. The fraction of sp³-hybridized carbons (Fsp3) is 0.350. The van der Waals surface area contributed by atoms with Crippen molar-refractivity contribution in [3.63, 3.8) is 0 Å². The molecule has 1 fully saturated rings. The predicted octanol–water partition coefficient (Wildman–Crippen LogP) is 2.33. The van der Waals surface area contributed by atoms with Crippen LogP contribution in [0.1, 0.15) is 28.3 Å². The number of carbonyl (C=O) groups excluding carboxylic acids is 1. The molecular formula is C20H24N2O5S. The molecule has 1 aliphatic rings. The third-order valence-electron chi connectivity index (χ3n) is 5.12. The van der Waals surface area contributed by atoms with Crippen LogP contribution in [0.3, 0.4) is 0 Å². The lowest BCUT2D eigenvalue weighted by molar-refractivity contribution is -0.126. The van der Waals surface area contributed by atoms with Gasteiger partial charge in [-0.25, -0.2) is 13.1 Å². The second kappa shape index (κ2) is 7.10. The number of β-lactam (4-membered cyclic amide) rings is 1. The highest BCUT2D eigenvalue weighted by molar-refractivity contribution is 7.88. The van der Waals surface area contributed by atoms with Gasteiger partial charge in [-0.3, -0.25) is 4.79 Å². The molecule has 0 aromatic heterocycles. The van der Waals surface area contributed by atoms with Crippen LogP contribution in [0.25, 0.3) is 0 Å². The molecule has 7 nitrogen and oxygen atoms in total. The maximum absolute atomic E-state index is 12.9. The summed E-state index contributed by atoms with van der Waals surface area (Å²) in [4.78, 5) is 14.4. The van der Waals surface area contributed by atoms with Crippen molar-refractivity contribution in [1.29, 1.82) is 0 Å². The molecule has 0 spiro atoms. The largest absolute Gasteiger partial charge is 0.508 e. The van der Waals surface area contributed by atoms with Gasteiger partial charge >= 0.3 is 0 Å². The van der Waals surface area contributed by atoms with Crippen molar-refractivity contribution in [1.82, 2.24) is 4.72 Å². The number of nitrogens with zero attached hydrogens (tertiary/aromatic N) is 1. The lowest BCUT2D eigenvalue weighted by Crippen LogP contribution is -2.65. The summed E-state index contributed by atoms with van der Waals surface area (Å²) in [5.74, 6) is 0.376. The van der Waals surface area contributed by atoms with Crippen LogP contribution in [-0.2, 0) is 14.8 Å². The number of benzene rings is 2. The van der Waals surface area contributed by atoms with E-state index in [1.807, 2.05) is 19.9 Å². The van der Waals surface area contributed by atoms with Crippen molar-refractivity contribution >= 4 is 21.6 Å². The number of methoxy groups -OCH3 is 1. The number of hydrogen-bond donors (Lipinski definition) is 2. The highest BCUT2D eigenvalue weighted by Gasteiger charge is 2.50. The Bertz CT molecular complexity index is 1050. The number of sulfonamides is 1. The second-order valence-corrected chi connectivity index (χ2v) is 8.94. The molecule has 1 saturated heterocycles. The minimum Gasteiger partial charge on any atom is -0.508 e. The van der Waals surface area contributed by atoms with Crippen LogP contribution < -0.4 is 14.4 Å². The van der Waals surface area contributed by atoms with E-state index < -0.39 is 22.1 Å². The van der Waals surface area contributed by atoms with Gasteiger partial charge in [0.25, 0.3) is 0 Å². The molecule has 28 heavy (non-hydrogen) atoms. The lowest BCUT2D eigenvalue weighted by atomic mass is 9.87. The summed E-state index contributed by atoms with van der Waals surface area (Å²) in [7, 11) is -2.03. The number of aromatic hydroxyl groups is 1. The monoisotopic (exact) mass is 404 g/mol. The first-order valence-corrected chi connectivity index (χ1v) is 10.7. The Balaban J connectivity index is 2.10. The van der Waals surface area contributed by atoms with Crippen LogP contribution in [0.4, 0.5) is 5.69 Å². The Labute approximate surface area is 165 Å². The Morgan fingerprint density at radius 1 is 1.11 bits per heavy atom. The molecule has 2 aromatic carbocycles. The van der Waals surface area contributed by atoms with Gasteiger partial charge in [0.2, 0.25) is 15.9 Å². The summed E-state index contributed by atoms with van der Waals surface area (Å²) in [6, 6.07) is 7.20. The molecule has 1 heterocycles.